The molecule has 0 atom stereocenters. The molecule has 1 aromatic carbocycles. The van der Waals surface area contributed by atoms with Gasteiger partial charge < -0.3 is 15.5 Å². The fourth-order valence-corrected chi connectivity index (χ4v) is 3.70. The van der Waals surface area contributed by atoms with Gasteiger partial charge in [-0.2, -0.15) is 0 Å². The summed E-state index contributed by atoms with van der Waals surface area (Å²) < 4.78 is 0. The minimum atomic E-state index is 0.157. The molecule has 0 bridgehead atoms. The van der Waals surface area contributed by atoms with Crippen LogP contribution in [-0.4, -0.2) is 60.9 Å². The number of likely N-dealkylation sites (tertiary alicyclic amines) is 2. The van der Waals surface area contributed by atoms with Crippen LogP contribution >= 0.6 is 0 Å². The summed E-state index contributed by atoms with van der Waals surface area (Å²) in [4.78, 5) is 21.3. The topological polar surface area (TPSA) is 60.0 Å². The van der Waals surface area contributed by atoms with E-state index in [-0.39, 0.29) is 5.91 Å². The van der Waals surface area contributed by atoms with E-state index in [1.54, 1.807) is 0 Å². The maximum atomic E-state index is 12.2. The molecule has 6 nitrogen and oxygen atoms in total. The van der Waals surface area contributed by atoms with Gasteiger partial charge in [-0.15, -0.1) is 0 Å². The molecule has 3 rings (SSSR count). The largest absolute Gasteiger partial charge is 0.357 e. The lowest BCUT2D eigenvalue weighted by Crippen LogP contribution is -2.44. The Balaban J connectivity index is 1.48. The Labute approximate surface area is 163 Å². The maximum absolute atomic E-state index is 12.2. The predicted octanol–water partition coefficient (Wildman–Crippen LogP) is 1.96. The molecule has 0 spiro atoms. The number of guanidine groups is 1. The van der Waals surface area contributed by atoms with Crippen molar-refractivity contribution in [2.75, 3.05) is 39.3 Å². The van der Waals surface area contributed by atoms with Crippen LogP contribution in [0.2, 0.25) is 0 Å². The first-order valence-electron chi connectivity index (χ1n) is 10.3. The van der Waals surface area contributed by atoms with Crippen molar-refractivity contribution < 1.29 is 4.79 Å². The predicted molar refractivity (Wildman–Crippen MR) is 110 cm³/mol. The molecule has 148 valence electrons. The van der Waals surface area contributed by atoms with Crippen LogP contribution in [0, 0.1) is 0 Å². The van der Waals surface area contributed by atoms with Crippen LogP contribution in [0.15, 0.2) is 29.3 Å². The number of rotatable bonds is 7. The molecule has 0 radical (unpaired) electrons. The molecule has 27 heavy (non-hydrogen) atoms. The zero-order chi connectivity index (χ0) is 18.9. The number of nitrogens with zero attached hydrogens (tertiary/aromatic N) is 3. The van der Waals surface area contributed by atoms with Crippen molar-refractivity contribution in [3.63, 3.8) is 0 Å². The van der Waals surface area contributed by atoms with E-state index in [0.717, 1.165) is 39.0 Å². The van der Waals surface area contributed by atoms with E-state index in [1.807, 2.05) is 11.8 Å². The number of carbonyl (C=O) groups is 1. The third kappa shape index (κ3) is 6.24. The van der Waals surface area contributed by atoms with Crippen molar-refractivity contribution in [3.8, 4) is 0 Å². The Kier molecular flexibility index (Phi) is 7.51. The molecule has 0 unspecified atom stereocenters. The van der Waals surface area contributed by atoms with E-state index in [4.69, 9.17) is 0 Å². The molecule has 2 aliphatic rings. The summed E-state index contributed by atoms with van der Waals surface area (Å²) in [5.41, 5.74) is 2.55. The van der Waals surface area contributed by atoms with E-state index >= 15 is 0 Å². The standard InChI is InChI=1S/C21H33N5O/c1-2-22-21(24-16-20(27)26-13-5-6-14-26)23-15-18-7-9-19(10-8-18)17-25-11-3-4-12-25/h7-10H,2-6,11-17H2,1H3,(H2,22,23,24). The SMILES string of the molecule is CCNC(=NCc1ccc(CN2CCCC2)cc1)NCC(=O)N1CCCC1. The molecule has 1 amide bonds. The van der Waals surface area contributed by atoms with Gasteiger partial charge in [-0.25, -0.2) is 4.99 Å². The van der Waals surface area contributed by atoms with Crippen molar-refractivity contribution in [2.45, 2.75) is 45.7 Å². The highest BCUT2D eigenvalue weighted by Gasteiger charge is 2.17. The first-order valence-corrected chi connectivity index (χ1v) is 10.3. The first kappa shape index (κ1) is 19.7. The third-order valence-corrected chi connectivity index (χ3v) is 5.26. The van der Waals surface area contributed by atoms with Gasteiger partial charge in [0, 0.05) is 26.2 Å². The van der Waals surface area contributed by atoms with E-state index in [2.05, 4.69) is 44.8 Å². The van der Waals surface area contributed by atoms with E-state index in [0.29, 0.717) is 19.0 Å². The zero-order valence-electron chi connectivity index (χ0n) is 16.5. The lowest BCUT2D eigenvalue weighted by atomic mass is 10.1. The Bertz CT molecular complexity index is 616. The van der Waals surface area contributed by atoms with Crippen molar-refractivity contribution in [3.05, 3.63) is 35.4 Å². The average molecular weight is 372 g/mol. The van der Waals surface area contributed by atoms with Gasteiger partial charge in [0.15, 0.2) is 5.96 Å². The number of hydrogen-bond donors (Lipinski definition) is 2. The second kappa shape index (κ2) is 10.3. The highest BCUT2D eigenvalue weighted by Crippen LogP contribution is 2.13. The first-order chi connectivity index (χ1) is 13.2. The summed E-state index contributed by atoms with van der Waals surface area (Å²) >= 11 is 0. The molecular weight excluding hydrogens is 338 g/mol. The smallest absolute Gasteiger partial charge is 0.241 e. The van der Waals surface area contributed by atoms with Crippen molar-refractivity contribution in [2.24, 2.45) is 4.99 Å². The summed E-state index contributed by atoms with van der Waals surface area (Å²) in [6, 6.07) is 8.74. The molecule has 2 saturated heterocycles. The summed E-state index contributed by atoms with van der Waals surface area (Å²) in [5.74, 6) is 0.857. The summed E-state index contributed by atoms with van der Waals surface area (Å²) in [6.45, 7) is 8.99. The number of carbonyl (C=O) groups excluding carboxylic acids is 1. The van der Waals surface area contributed by atoms with Gasteiger partial charge in [0.2, 0.25) is 5.91 Å². The molecule has 2 N–H and O–H groups in total. The van der Waals surface area contributed by atoms with Gasteiger partial charge in [0.25, 0.3) is 0 Å². The van der Waals surface area contributed by atoms with Crippen LogP contribution in [-0.2, 0) is 17.9 Å². The summed E-state index contributed by atoms with van der Waals surface area (Å²) in [6.07, 6.45) is 4.89. The minimum Gasteiger partial charge on any atom is -0.357 e. The summed E-state index contributed by atoms with van der Waals surface area (Å²) in [5, 5.41) is 6.39. The van der Waals surface area contributed by atoms with Crippen LogP contribution in [0.1, 0.15) is 43.7 Å². The van der Waals surface area contributed by atoms with Gasteiger partial charge >= 0.3 is 0 Å². The molecule has 2 heterocycles. The van der Waals surface area contributed by atoms with Crippen LogP contribution in [0.4, 0.5) is 0 Å². The molecule has 2 fully saturated rings. The van der Waals surface area contributed by atoms with Crippen molar-refractivity contribution >= 4 is 11.9 Å². The fraction of sp³-hybridized carbons (Fsp3) is 0.619. The second-order valence-electron chi connectivity index (χ2n) is 7.44. The number of aliphatic imine (C=N–C) groups is 1. The van der Waals surface area contributed by atoms with Crippen LogP contribution < -0.4 is 10.6 Å². The molecule has 0 saturated carbocycles. The van der Waals surface area contributed by atoms with Crippen LogP contribution in [0.3, 0.4) is 0 Å². The van der Waals surface area contributed by atoms with Gasteiger partial charge in [-0.05, 0) is 56.8 Å². The third-order valence-electron chi connectivity index (χ3n) is 5.26. The van der Waals surface area contributed by atoms with Crippen molar-refractivity contribution in [1.29, 1.82) is 0 Å². The molecule has 0 aromatic heterocycles. The number of hydrogen-bond acceptors (Lipinski definition) is 3. The molecular formula is C21H33N5O. The van der Waals surface area contributed by atoms with Crippen molar-refractivity contribution in [1.82, 2.24) is 20.4 Å². The Morgan fingerprint density at radius 3 is 2.26 bits per heavy atom. The monoisotopic (exact) mass is 371 g/mol. The highest BCUT2D eigenvalue weighted by molar-refractivity contribution is 5.86. The number of amides is 1. The van der Waals surface area contributed by atoms with Crippen LogP contribution in [0.5, 0.6) is 0 Å². The fourth-order valence-electron chi connectivity index (χ4n) is 3.70. The average Bonchev–Trinajstić information content (AvgIpc) is 3.39. The van der Waals surface area contributed by atoms with E-state index in [1.165, 1.54) is 37.1 Å². The zero-order valence-corrected chi connectivity index (χ0v) is 16.5. The highest BCUT2D eigenvalue weighted by atomic mass is 16.2. The van der Waals surface area contributed by atoms with Gasteiger partial charge in [-0.3, -0.25) is 9.69 Å². The molecule has 0 aliphatic carbocycles. The quantitative estimate of drug-likeness (QED) is 0.568. The second-order valence-corrected chi connectivity index (χ2v) is 7.44. The Hall–Kier alpha value is -2.08. The normalized spacial score (nSPS) is 18.1. The van der Waals surface area contributed by atoms with E-state index < -0.39 is 0 Å². The Morgan fingerprint density at radius 1 is 0.963 bits per heavy atom. The number of benzene rings is 1. The molecule has 2 aliphatic heterocycles. The van der Waals surface area contributed by atoms with Gasteiger partial charge in [-0.1, -0.05) is 24.3 Å². The number of nitrogens with one attached hydrogen (secondary N) is 2. The van der Waals surface area contributed by atoms with Crippen LogP contribution in [0.25, 0.3) is 0 Å². The summed E-state index contributed by atoms with van der Waals surface area (Å²) in [7, 11) is 0. The van der Waals surface area contributed by atoms with E-state index in [9.17, 15) is 4.79 Å². The molecule has 6 heteroatoms. The van der Waals surface area contributed by atoms with Gasteiger partial charge in [0.05, 0.1) is 13.1 Å². The Morgan fingerprint density at radius 2 is 1.59 bits per heavy atom. The van der Waals surface area contributed by atoms with Gasteiger partial charge in [0.1, 0.15) is 0 Å². The minimum absolute atomic E-state index is 0.157. The maximum Gasteiger partial charge on any atom is 0.241 e. The lowest BCUT2D eigenvalue weighted by molar-refractivity contribution is -0.128. The molecule has 1 aromatic rings. The lowest BCUT2D eigenvalue weighted by Gasteiger charge is -2.17.